The second-order valence-electron chi connectivity index (χ2n) is 6.95. The van der Waals surface area contributed by atoms with Crippen LogP contribution in [-0.2, 0) is 0 Å². The van der Waals surface area contributed by atoms with Crippen molar-refractivity contribution in [2.45, 2.75) is 32.8 Å². The van der Waals surface area contributed by atoms with E-state index in [0.717, 1.165) is 40.8 Å². The fourth-order valence-corrected chi connectivity index (χ4v) is 3.61. The largest absolute Gasteiger partial charge is 0.488 e. The molecule has 0 aliphatic rings. The van der Waals surface area contributed by atoms with Crippen molar-refractivity contribution in [2.75, 3.05) is 6.54 Å². The number of hydrogen-bond donors (Lipinski definition) is 1. The van der Waals surface area contributed by atoms with Gasteiger partial charge in [0, 0.05) is 17.5 Å². The summed E-state index contributed by atoms with van der Waals surface area (Å²) in [5, 5.41) is 9.59. The minimum atomic E-state index is 0.0694. The average molecular weight is 375 g/mol. The van der Waals surface area contributed by atoms with E-state index in [9.17, 15) is 0 Å². The Morgan fingerprint density at radius 3 is 2.68 bits per heavy atom. The Labute approximate surface area is 164 Å². The summed E-state index contributed by atoms with van der Waals surface area (Å²) in [6, 6.07) is 15.9. The van der Waals surface area contributed by atoms with Crippen LogP contribution in [0.3, 0.4) is 0 Å². The molecule has 2 N–H and O–H groups in total. The highest BCUT2D eigenvalue weighted by Gasteiger charge is 2.20. The molecule has 0 fully saturated rings. The predicted molar refractivity (Wildman–Crippen MR) is 111 cm³/mol. The molecular weight excluding hydrogens is 350 g/mol. The third-order valence-electron chi connectivity index (χ3n) is 5.26. The quantitative estimate of drug-likeness (QED) is 0.526. The maximum Gasteiger partial charge on any atom is 0.187 e. The second-order valence-corrected chi connectivity index (χ2v) is 6.95. The summed E-state index contributed by atoms with van der Waals surface area (Å²) in [7, 11) is 0. The smallest absolute Gasteiger partial charge is 0.187 e. The Morgan fingerprint density at radius 1 is 1.00 bits per heavy atom. The molecule has 0 aliphatic carbocycles. The van der Waals surface area contributed by atoms with Crippen LogP contribution in [0, 0.1) is 5.92 Å². The molecule has 0 radical (unpaired) electrons. The van der Waals surface area contributed by atoms with Gasteiger partial charge in [0.2, 0.25) is 0 Å². The van der Waals surface area contributed by atoms with Crippen LogP contribution >= 0.6 is 0 Å². The van der Waals surface area contributed by atoms with Crippen LogP contribution in [-0.4, -0.2) is 32.2 Å². The minimum absolute atomic E-state index is 0.0694. The number of benzene rings is 1. The van der Waals surface area contributed by atoms with Crippen molar-refractivity contribution in [1.29, 1.82) is 0 Å². The van der Waals surface area contributed by atoms with E-state index >= 15 is 0 Å². The first-order chi connectivity index (χ1) is 13.7. The first-order valence-corrected chi connectivity index (χ1v) is 9.81. The van der Waals surface area contributed by atoms with Crippen LogP contribution < -0.4 is 10.5 Å². The Morgan fingerprint density at radius 2 is 1.89 bits per heavy atom. The van der Waals surface area contributed by atoms with Gasteiger partial charge < -0.3 is 10.5 Å². The van der Waals surface area contributed by atoms with Crippen LogP contribution in [0.25, 0.3) is 28.1 Å². The first-order valence-electron chi connectivity index (χ1n) is 9.81. The van der Waals surface area contributed by atoms with Crippen molar-refractivity contribution in [3.05, 3.63) is 54.7 Å². The highest BCUT2D eigenvalue weighted by atomic mass is 16.5. The van der Waals surface area contributed by atoms with E-state index in [-0.39, 0.29) is 6.10 Å². The van der Waals surface area contributed by atoms with Crippen LogP contribution in [0.15, 0.2) is 54.7 Å². The van der Waals surface area contributed by atoms with Crippen LogP contribution in [0.1, 0.15) is 26.7 Å². The second kappa shape index (κ2) is 7.94. The highest BCUT2D eigenvalue weighted by Crippen LogP contribution is 2.29. The van der Waals surface area contributed by atoms with Gasteiger partial charge in [-0.15, -0.1) is 10.2 Å². The number of nitrogens with zero attached hydrogens (tertiary/aromatic N) is 4. The van der Waals surface area contributed by atoms with Gasteiger partial charge in [0.15, 0.2) is 11.5 Å². The van der Waals surface area contributed by atoms with E-state index in [1.807, 2.05) is 53.1 Å². The number of ether oxygens (including phenoxy) is 1. The van der Waals surface area contributed by atoms with Gasteiger partial charge in [-0.25, -0.2) is 4.98 Å². The van der Waals surface area contributed by atoms with Crippen LogP contribution in [0.5, 0.6) is 5.75 Å². The fraction of sp³-hybridized carbons (Fsp3) is 0.318. The van der Waals surface area contributed by atoms with E-state index < -0.39 is 0 Å². The minimum Gasteiger partial charge on any atom is -0.488 e. The number of pyridine rings is 2. The van der Waals surface area contributed by atoms with E-state index in [1.165, 1.54) is 0 Å². The lowest BCUT2D eigenvalue weighted by Gasteiger charge is -2.25. The van der Waals surface area contributed by atoms with E-state index in [2.05, 4.69) is 30.1 Å². The molecule has 0 bridgehead atoms. The monoisotopic (exact) mass is 375 g/mol. The fourth-order valence-electron chi connectivity index (χ4n) is 3.61. The van der Waals surface area contributed by atoms with Gasteiger partial charge in [0.1, 0.15) is 23.1 Å². The first kappa shape index (κ1) is 18.4. The molecule has 0 aliphatic heterocycles. The maximum absolute atomic E-state index is 6.40. The highest BCUT2D eigenvalue weighted by molar-refractivity contribution is 5.86. The van der Waals surface area contributed by atoms with Crippen molar-refractivity contribution in [2.24, 2.45) is 11.7 Å². The molecule has 2 unspecified atom stereocenters. The Balaban J connectivity index is 1.77. The zero-order valence-corrected chi connectivity index (χ0v) is 16.2. The van der Waals surface area contributed by atoms with Gasteiger partial charge >= 0.3 is 0 Å². The number of fused-ring (bicyclic) bond motifs is 2. The van der Waals surface area contributed by atoms with Crippen molar-refractivity contribution in [3.63, 3.8) is 0 Å². The standard InChI is InChI=1S/C22H25N5O/c1-3-15(14-23)18(4-2)28-19-9-7-8-16-11-12-17(24-21(16)19)22-26-25-20-10-5-6-13-27(20)22/h5-13,15,18H,3-4,14,23H2,1-2H3. The van der Waals surface area contributed by atoms with Gasteiger partial charge in [0.25, 0.3) is 0 Å². The van der Waals surface area contributed by atoms with Gasteiger partial charge in [-0.05, 0) is 43.7 Å². The molecule has 0 saturated heterocycles. The van der Waals surface area contributed by atoms with Gasteiger partial charge in [-0.1, -0.05) is 38.1 Å². The summed E-state index contributed by atoms with van der Waals surface area (Å²) < 4.78 is 8.33. The zero-order valence-electron chi connectivity index (χ0n) is 16.2. The molecule has 0 spiro atoms. The third-order valence-corrected chi connectivity index (χ3v) is 5.26. The average Bonchev–Trinajstić information content (AvgIpc) is 3.18. The lowest BCUT2D eigenvalue weighted by Crippen LogP contribution is -2.31. The summed E-state index contributed by atoms with van der Waals surface area (Å²) >= 11 is 0. The molecule has 3 aromatic heterocycles. The molecule has 28 heavy (non-hydrogen) atoms. The molecule has 6 nitrogen and oxygen atoms in total. The Bertz CT molecular complexity index is 1090. The molecule has 4 aromatic rings. The van der Waals surface area contributed by atoms with Crippen molar-refractivity contribution < 1.29 is 4.74 Å². The lowest BCUT2D eigenvalue weighted by molar-refractivity contribution is 0.132. The molecule has 0 amide bonds. The molecule has 1 aromatic carbocycles. The molecule has 4 rings (SSSR count). The van der Waals surface area contributed by atoms with E-state index in [4.69, 9.17) is 15.5 Å². The molecule has 6 heteroatoms. The van der Waals surface area contributed by atoms with Crippen molar-refractivity contribution in [1.82, 2.24) is 19.6 Å². The predicted octanol–water partition coefficient (Wildman–Crippen LogP) is 4.09. The summed E-state index contributed by atoms with van der Waals surface area (Å²) in [5.74, 6) is 1.82. The molecule has 3 heterocycles. The summed E-state index contributed by atoms with van der Waals surface area (Å²) in [6.07, 6.45) is 3.91. The third kappa shape index (κ3) is 3.31. The van der Waals surface area contributed by atoms with Gasteiger partial charge in [-0.3, -0.25) is 4.40 Å². The zero-order chi connectivity index (χ0) is 19.5. The SMILES string of the molecule is CCC(CN)C(CC)Oc1cccc2ccc(-c3nnc4ccccn34)nc12. The van der Waals surface area contributed by atoms with Crippen molar-refractivity contribution >= 4 is 16.6 Å². The van der Waals surface area contributed by atoms with Crippen molar-refractivity contribution in [3.8, 4) is 17.3 Å². The number of rotatable bonds is 7. The van der Waals surface area contributed by atoms with Gasteiger partial charge in [0.05, 0.1) is 0 Å². The maximum atomic E-state index is 6.40. The van der Waals surface area contributed by atoms with Gasteiger partial charge in [-0.2, -0.15) is 0 Å². The number of hydrogen-bond acceptors (Lipinski definition) is 5. The lowest BCUT2D eigenvalue weighted by atomic mass is 9.97. The molecule has 144 valence electrons. The van der Waals surface area contributed by atoms with Crippen LogP contribution in [0.4, 0.5) is 0 Å². The molecular formula is C22H25N5O. The van der Waals surface area contributed by atoms with Crippen LogP contribution in [0.2, 0.25) is 0 Å². The van der Waals surface area contributed by atoms with E-state index in [0.29, 0.717) is 18.3 Å². The molecule has 2 atom stereocenters. The Kier molecular flexibility index (Phi) is 5.21. The Hall–Kier alpha value is -2.99. The summed E-state index contributed by atoms with van der Waals surface area (Å²) in [4.78, 5) is 4.89. The van der Waals surface area contributed by atoms with E-state index in [1.54, 1.807) is 0 Å². The summed E-state index contributed by atoms with van der Waals surface area (Å²) in [5.41, 5.74) is 8.35. The number of para-hydroxylation sites is 1. The number of aromatic nitrogens is 4. The summed E-state index contributed by atoms with van der Waals surface area (Å²) in [6.45, 7) is 4.90. The normalized spacial score (nSPS) is 13.7. The molecule has 0 saturated carbocycles. The topological polar surface area (TPSA) is 78.3 Å². The number of nitrogens with two attached hydrogens (primary N) is 1.